The van der Waals surface area contributed by atoms with Gasteiger partial charge in [-0.15, -0.1) is 0 Å². The van der Waals surface area contributed by atoms with Crippen molar-refractivity contribution in [3.8, 4) is 5.82 Å². The minimum Gasteiger partial charge on any atom is -0.391 e. The molecule has 2 heterocycles. The lowest BCUT2D eigenvalue weighted by atomic mass is 10.1. The number of benzene rings is 2. The van der Waals surface area contributed by atoms with Gasteiger partial charge in [-0.2, -0.15) is 5.10 Å². The molecule has 0 unspecified atom stereocenters. The Kier molecular flexibility index (Phi) is 9.96. The number of amides is 2. The molecular formula is C26H19Br2ClF2N6O3. The molecule has 9 nitrogen and oxygen atoms in total. The highest BCUT2D eigenvalue weighted by Gasteiger charge is 2.25. The number of halogens is 5. The van der Waals surface area contributed by atoms with Crippen LogP contribution in [0.1, 0.15) is 38.5 Å². The highest BCUT2D eigenvalue weighted by molar-refractivity contribution is 9.11. The van der Waals surface area contributed by atoms with E-state index in [-0.39, 0.29) is 40.9 Å². The Morgan fingerprint density at radius 2 is 1.88 bits per heavy atom. The van der Waals surface area contributed by atoms with E-state index in [2.05, 4.69) is 57.7 Å². The Hall–Kier alpha value is -3.68. The molecule has 2 N–H and O–H groups in total. The molecular weight excluding hydrogens is 678 g/mol. The van der Waals surface area contributed by atoms with Crippen LogP contribution < -0.4 is 10.6 Å². The third-order valence-electron chi connectivity index (χ3n) is 5.24. The molecule has 0 saturated heterocycles. The molecule has 0 spiro atoms. The maximum absolute atomic E-state index is 13.5. The summed E-state index contributed by atoms with van der Waals surface area (Å²) in [6.07, 6.45) is -0.182. The minimum absolute atomic E-state index is 0.0113. The lowest BCUT2D eigenvalue weighted by Crippen LogP contribution is -2.27. The summed E-state index contributed by atoms with van der Waals surface area (Å²) >= 11 is 12.9. The molecule has 2 aromatic heterocycles. The van der Waals surface area contributed by atoms with Crippen molar-refractivity contribution < 1.29 is 23.2 Å². The molecule has 2 amide bonds. The quantitative estimate of drug-likeness (QED) is 0.144. The van der Waals surface area contributed by atoms with E-state index >= 15 is 0 Å². The smallest absolute Gasteiger partial charge is 0.282 e. The fraction of sp³-hybridized carbons (Fsp3) is 0.115. The second-order valence-corrected chi connectivity index (χ2v) is 10.2. The van der Waals surface area contributed by atoms with E-state index in [0.29, 0.717) is 8.95 Å². The summed E-state index contributed by atoms with van der Waals surface area (Å²) in [5.41, 5.74) is 0.217. The van der Waals surface area contributed by atoms with Crippen molar-refractivity contribution in [2.45, 2.75) is 13.0 Å². The zero-order chi connectivity index (χ0) is 28.6. The zero-order valence-corrected chi connectivity index (χ0v) is 24.3. The number of nitrogens with one attached hydrogen (secondary N) is 2. The maximum Gasteiger partial charge on any atom is 0.282 e. The molecule has 0 aliphatic rings. The fourth-order valence-corrected chi connectivity index (χ4v) is 4.96. The number of anilines is 1. The normalized spacial score (nSPS) is 11.2. The van der Waals surface area contributed by atoms with Crippen molar-refractivity contribution >= 4 is 67.2 Å². The van der Waals surface area contributed by atoms with E-state index < -0.39 is 23.9 Å². The van der Waals surface area contributed by atoms with Gasteiger partial charge in [0.05, 0.1) is 29.0 Å². The number of carbonyl (C=O) groups is 2. The van der Waals surface area contributed by atoms with Gasteiger partial charge in [0.25, 0.3) is 18.2 Å². The van der Waals surface area contributed by atoms with Crippen LogP contribution in [0, 0.1) is 0 Å². The van der Waals surface area contributed by atoms with Crippen LogP contribution in [0.3, 0.4) is 0 Å². The SMILES string of the molecule is O=C(NC/C=N/OCc1ccccc1)c1cc(Br)cc(Br)c1NC(=O)c1cc(C(F)F)nn1-c1ncccc1Cl. The van der Waals surface area contributed by atoms with Gasteiger partial charge in [0.1, 0.15) is 18.0 Å². The van der Waals surface area contributed by atoms with Crippen LogP contribution in [0.5, 0.6) is 0 Å². The average Bonchev–Trinajstić information content (AvgIpc) is 3.38. The van der Waals surface area contributed by atoms with Gasteiger partial charge in [-0.25, -0.2) is 18.4 Å². The highest BCUT2D eigenvalue weighted by atomic mass is 79.9. The van der Waals surface area contributed by atoms with E-state index in [1.165, 1.54) is 24.5 Å². The first kappa shape index (κ1) is 29.3. The topological polar surface area (TPSA) is 110 Å². The molecule has 206 valence electrons. The third kappa shape index (κ3) is 7.29. The predicted octanol–water partition coefficient (Wildman–Crippen LogP) is 6.57. The summed E-state index contributed by atoms with van der Waals surface area (Å²) in [5, 5.41) is 13.0. The van der Waals surface area contributed by atoms with Gasteiger partial charge < -0.3 is 15.5 Å². The molecule has 0 aliphatic carbocycles. The minimum atomic E-state index is -2.95. The Morgan fingerprint density at radius 1 is 1.10 bits per heavy atom. The van der Waals surface area contributed by atoms with Gasteiger partial charge >= 0.3 is 0 Å². The van der Waals surface area contributed by atoms with E-state index in [4.69, 9.17) is 16.4 Å². The van der Waals surface area contributed by atoms with Crippen LogP contribution >= 0.6 is 43.5 Å². The number of oxime groups is 1. The van der Waals surface area contributed by atoms with E-state index in [1.54, 1.807) is 12.1 Å². The Bertz CT molecular complexity index is 1550. The summed E-state index contributed by atoms with van der Waals surface area (Å²) in [4.78, 5) is 35.6. The van der Waals surface area contributed by atoms with Crippen molar-refractivity contribution in [2.24, 2.45) is 5.16 Å². The Labute approximate surface area is 248 Å². The average molecular weight is 697 g/mol. The summed E-state index contributed by atoms with van der Waals surface area (Å²) in [6.45, 7) is 0.307. The van der Waals surface area contributed by atoms with E-state index in [9.17, 15) is 18.4 Å². The van der Waals surface area contributed by atoms with Gasteiger partial charge in [-0.1, -0.05) is 63.0 Å². The molecule has 0 saturated carbocycles. The van der Waals surface area contributed by atoms with Crippen LogP contribution in [-0.2, 0) is 11.4 Å². The van der Waals surface area contributed by atoms with Crippen LogP contribution in [0.2, 0.25) is 5.02 Å². The van der Waals surface area contributed by atoms with Crippen LogP contribution in [0.15, 0.2) is 81.0 Å². The molecule has 14 heteroatoms. The van der Waals surface area contributed by atoms with Crippen LogP contribution in [-0.4, -0.2) is 39.3 Å². The number of pyridine rings is 1. The van der Waals surface area contributed by atoms with Crippen molar-refractivity contribution in [3.63, 3.8) is 0 Å². The van der Waals surface area contributed by atoms with E-state index in [0.717, 1.165) is 16.3 Å². The lowest BCUT2D eigenvalue weighted by molar-refractivity contribution is 0.0959. The highest BCUT2D eigenvalue weighted by Crippen LogP contribution is 2.32. The molecule has 4 aromatic rings. The molecule has 0 bridgehead atoms. The first-order valence-corrected chi connectivity index (χ1v) is 13.5. The van der Waals surface area contributed by atoms with E-state index in [1.807, 2.05) is 30.3 Å². The van der Waals surface area contributed by atoms with Crippen LogP contribution in [0.4, 0.5) is 14.5 Å². The summed E-state index contributed by atoms with van der Waals surface area (Å²) in [7, 11) is 0. The van der Waals surface area contributed by atoms with Gasteiger partial charge in [-0.05, 0) is 51.8 Å². The van der Waals surface area contributed by atoms with Crippen molar-refractivity contribution in [3.05, 3.63) is 103 Å². The number of alkyl halides is 2. The number of rotatable bonds is 10. The van der Waals surface area contributed by atoms with Gasteiger partial charge in [0, 0.05) is 15.1 Å². The molecule has 2 aromatic carbocycles. The van der Waals surface area contributed by atoms with Crippen molar-refractivity contribution in [1.29, 1.82) is 0 Å². The second kappa shape index (κ2) is 13.6. The summed E-state index contributed by atoms with van der Waals surface area (Å²) < 4.78 is 28.8. The van der Waals surface area contributed by atoms with Crippen LogP contribution in [0.25, 0.3) is 5.82 Å². The number of hydrogen-bond donors (Lipinski definition) is 2. The fourth-order valence-electron chi connectivity index (χ4n) is 3.43. The first-order valence-electron chi connectivity index (χ1n) is 11.5. The molecule has 40 heavy (non-hydrogen) atoms. The molecule has 0 radical (unpaired) electrons. The number of carbonyl (C=O) groups excluding carboxylic acids is 2. The largest absolute Gasteiger partial charge is 0.391 e. The van der Waals surface area contributed by atoms with Crippen molar-refractivity contribution in [2.75, 3.05) is 11.9 Å². The summed E-state index contributed by atoms with van der Waals surface area (Å²) in [6, 6.07) is 16.5. The number of aromatic nitrogens is 3. The molecule has 0 aliphatic heterocycles. The second-order valence-electron chi connectivity index (χ2n) is 8.00. The molecule has 0 fully saturated rings. The zero-order valence-electron chi connectivity index (χ0n) is 20.3. The van der Waals surface area contributed by atoms with Gasteiger partial charge in [0.2, 0.25) is 0 Å². The van der Waals surface area contributed by atoms with Gasteiger partial charge in [-0.3, -0.25) is 9.59 Å². The standard InChI is InChI=1S/C26H19Br2ClF2N6O3/c27-16-11-17(25(38)33-9-10-34-40-14-15-5-2-1-3-6-15)22(18(28)12-16)35-26(39)21-13-20(23(30)31)36-37(21)24-19(29)7-4-8-32-24/h1-8,10-13,23H,9,14H2,(H,33,38)(H,35,39)/b34-10+. The maximum atomic E-state index is 13.5. The molecule has 0 atom stereocenters. The first-order chi connectivity index (χ1) is 19.2. The molecule has 4 rings (SSSR count). The lowest BCUT2D eigenvalue weighted by Gasteiger charge is -2.14. The number of hydrogen-bond acceptors (Lipinski definition) is 6. The van der Waals surface area contributed by atoms with Crippen molar-refractivity contribution in [1.82, 2.24) is 20.1 Å². The summed E-state index contributed by atoms with van der Waals surface area (Å²) in [5.74, 6) is -1.38. The monoisotopic (exact) mass is 694 g/mol. The Morgan fingerprint density at radius 3 is 2.60 bits per heavy atom. The Balaban J connectivity index is 1.52. The number of nitrogens with zero attached hydrogens (tertiary/aromatic N) is 4. The third-order valence-corrected chi connectivity index (χ3v) is 6.62. The predicted molar refractivity (Wildman–Crippen MR) is 153 cm³/mol. The van der Waals surface area contributed by atoms with Gasteiger partial charge in [0.15, 0.2) is 5.82 Å².